The first-order valence-electron chi connectivity index (χ1n) is 10.6. The van der Waals surface area contributed by atoms with E-state index in [9.17, 15) is 9.90 Å². The first-order valence-corrected chi connectivity index (χ1v) is 11.4. The monoisotopic (exact) mass is 479 g/mol. The molecule has 0 spiro atoms. The molecule has 1 heterocycles. The van der Waals surface area contributed by atoms with Crippen molar-refractivity contribution >= 4 is 40.5 Å². The summed E-state index contributed by atoms with van der Waals surface area (Å²) in [6.45, 7) is 5.84. The van der Waals surface area contributed by atoms with Crippen molar-refractivity contribution in [1.29, 1.82) is 0 Å². The van der Waals surface area contributed by atoms with Crippen molar-refractivity contribution in [2.24, 2.45) is 0 Å². The highest BCUT2D eigenvalue weighted by Crippen LogP contribution is 2.30. The van der Waals surface area contributed by atoms with Crippen molar-refractivity contribution in [3.05, 3.63) is 64.4 Å². The number of benzene rings is 1. The number of aliphatic hydroxyl groups is 1. The number of esters is 1. The van der Waals surface area contributed by atoms with E-state index in [4.69, 9.17) is 38.0 Å². The number of fused-ring (bicyclic) bond motifs is 1. The zero-order valence-electron chi connectivity index (χ0n) is 18.6. The minimum absolute atomic E-state index is 0.0152. The molecule has 0 radical (unpaired) electrons. The Bertz CT molecular complexity index is 896. The molecule has 174 valence electrons. The van der Waals surface area contributed by atoms with Crippen molar-refractivity contribution in [3.8, 4) is 0 Å². The van der Waals surface area contributed by atoms with Gasteiger partial charge in [-0.25, -0.2) is 0 Å². The molecule has 0 aliphatic carbocycles. The second-order valence-corrected chi connectivity index (χ2v) is 7.89. The van der Waals surface area contributed by atoms with E-state index in [1.165, 1.54) is 0 Å². The average molecular weight is 480 g/mol. The first-order chi connectivity index (χ1) is 15.4. The lowest BCUT2D eigenvalue weighted by Gasteiger charge is -2.31. The number of carbonyl (C=O) groups is 1. The lowest BCUT2D eigenvalue weighted by atomic mass is 9.96. The highest BCUT2D eigenvalue weighted by molar-refractivity contribution is 7.80. The first kappa shape index (κ1) is 26.1. The molecule has 2 atom stereocenters. The standard InChI is InChI=1S/C24H30ClNO5S/c1-4-7-18(20(8-5-2)30-12-11-27)21-14-16-13-17(25)9-10-19(16)26-24(32)22(31-21)15-23(28)29-6-3/h4-5,7-10,13,21-22,27H,6,11-12,14-15H2,1-3H3,(H,26,32)/b7-4-,8-5-,20-18-. The van der Waals surface area contributed by atoms with Crippen molar-refractivity contribution in [3.63, 3.8) is 0 Å². The Kier molecular flexibility index (Phi) is 10.9. The smallest absolute Gasteiger partial charge is 0.308 e. The van der Waals surface area contributed by atoms with Crippen LogP contribution >= 0.6 is 23.8 Å². The number of carbonyl (C=O) groups excluding carboxylic acids is 1. The van der Waals surface area contributed by atoms with Gasteiger partial charge in [-0.1, -0.05) is 42.0 Å². The molecule has 0 saturated heterocycles. The van der Waals surface area contributed by atoms with Gasteiger partial charge in [0.2, 0.25) is 0 Å². The third kappa shape index (κ3) is 7.45. The molecule has 6 nitrogen and oxygen atoms in total. The van der Waals surface area contributed by atoms with Crippen molar-refractivity contribution in [2.45, 2.75) is 45.8 Å². The van der Waals surface area contributed by atoms with Crippen LogP contribution in [0.5, 0.6) is 0 Å². The summed E-state index contributed by atoms with van der Waals surface area (Å²) in [5.74, 6) is 0.182. The Morgan fingerprint density at radius 1 is 1.31 bits per heavy atom. The number of anilines is 1. The molecule has 32 heavy (non-hydrogen) atoms. The Hall–Kier alpha value is -2.19. The second kappa shape index (κ2) is 13.4. The van der Waals surface area contributed by atoms with Gasteiger partial charge in [0.05, 0.1) is 25.7 Å². The SMILES string of the molecule is C\C=C/C(OCCO)=C(\C=C/C)C1Cc2cc(Cl)ccc2NC(=S)C(CC(=O)OCC)O1. The highest BCUT2D eigenvalue weighted by Gasteiger charge is 2.30. The normalized spacial score (nSPS) is 19.7. The average Bonchev–Trinajstić information content (AvgIpc) is 2.75. The van der Waals surface area contributed by atoms with Gasteiger partial charge in [-0.05, 0) is 50.6 Å². The number of hydrogen-bond acceptors (Lipinski definition) is 6. The van der Waals surface area contributed by atoms with Gasteiger partial charge in [0, 0.05) is 22.7 Å². The summed E-state index contributed by atoms with van der Waals surface area (Å²) in [5, 5.41) is 13.1. The van der Waals surface area contributed by atoms with Crippen LogP contribution in [0.3, 0.4) is 0 Å². The molecule has 0 aromatic heterocycles. The Labute approximate surface area is 199 Å². The molecule has 1 aliphatic heterocycles. The van der Waals surface area contributed by atoms with Gasteiger partial charge in [-0.3, -0.25) is 4.79 Å². The van der Waals surface area contributed by atoms with Crippen molar-refractivity contribution in [2.75, 3.05) is 25.1 Å². The molecule has 0 amide bonds. The zero-order valence-corrected chi connectivity index (χ0v) is 20.2. The molecule has 2 unspecified atom stereocenters. The van der Waals surface area contributed by atoms with Gasteiger partial charge >= 0.3 is 5.97 Å². The Balaban J connectivity index is 2.57. The van der Waals surface area contributed by atoms with Gasteiger partial charge in [0.1, 0.15) is 23.5 Å². The van der Waals surface area contributed by atoms with Gasteiger partial charge in [-0.15, -0.1) is 0 Å². The fraction of sp³-hybridized carbons (Fsp3) is 0.417. The van der Waals surface area contributed by atoms with Crippen molar-refractivity contribution < 1.29 is 24.1 Å². The number of thiocarbonyl (C=S) groups is 1. The summed E-state index contributed by atoms with van der Waals surface area (Å²) in [5.41, 5.74) is 2.50. The topological polar surface area (TPSA) is 77.0 Å². The largest absolute Gasteiger partial charge is 0.491 e. The van der Waals surface area contributed by atoms with Crippen LogP contribution in [0.1, 0.15) is 32.8 Å². The summed E-state index contributed by atoms with van der Waals surface area (Å²) < 4.78 is 17.3. The molecule has 1 aromatic rings. The van der Waals surface area contributed by atoms with Crippen LogP contribution in [0.25, 0.3) is 0 Å². The fourth-order valence-electron chi connectivity index (χ4n) is 3.33. The van der Waals surface area contributed by atoms with Crippen LogP contribution in [-0.4, -0.2) is 48.1 Å². The lowest BCUT2D eigenvalue weighted by molar-refractivity contribution is -0.145. The predicted octanol–water partition coefficient (Wildman–Crippen LogP) is 4.76. The molecular formula is C24H30ClNO5S. The number of hydrogen-bond donors (Lipinski definition) is 2. The zero-order chi connectivity index (χ0) is 23.5. The molecule has 2 N–H and O–H groups in total. The number of rotatable bonds is 9. The number of halogens is 1. The molecule has 2 rings (SSSR count). The van der Waals surface area contributed by atoms with E-state index in [1.807, 2.05) is 50.3 Å². The third-order valence-corrected chi connectivity index (χ3v) is 5.25. The molecular weight excluding hydrogens is 450 g/mol. The molecule has 0 saturated carbocycles. The number of allylic oxidation sites excluding steroid dienone is 3. The van der Waals surface area contributed by atoms with Crippen LogP contribution in [0, 0.1) is 0 Å². The fourth-order valence-corrected chi connectivity index (χ4v) is 3.78. The lowest BCUT2D eigenvalue weighted by Crippen LogP contribution is -2.38. The van der Waals surface area contributed by atoms with E-state index in [0.717, 1.165) is 16.8 Å². The predicted molar refractivity (Wildman–Crippen MR) is 131 cm³/mol. The Morgan fingerprint density at radius 2 is 2.06 bits per heavy atom. The van der Waals surface area contributed by atoms with Gasteiger partial charge in [0.25, 0.3) is 0 Å². The third-order valence-electron chi connectivity index (χ3n) is 4.65. The minimum Gasteiger partial charge on any atom is -0.491 e. The van der Waals surface area contributed by atoms with Crippen LogP contribution in [0.15, 0.2) is 53.8 Å². The van der Waals surface area contributed by atoms with E-state index < -0.39 is 12.2 Å². The van der Waals surface area contributed by atoms with E-state index in [1.54, 1.807) is 13.0 Å². The maximum absolute atomic E-state index is 12.2. The van der Waals surface area contributed by atoms with Gasteiger partial charge in [0.15, 0.2) is 0 Å². The van der Waals surface area contributed by atoms with Crippen LogP contribution in [0.2, 0.25) is 5.02 Å². The van der Waals surface area contributed by atoms with Crippen LogP contribution in [0.4, 0.5) is 5.69 Å². The summed E-state index contributed by atoms with van der Waals surface area (Å²) >= 11 is 11.8. The number of ether oxygens (including phenoxy) is 3. The molecule has 0 fully saturated rings. The maximum Gasteiger partial charge on any atom is 0.308 e. The van der Waals surface area contributed by atoms with Gasteiger partial charge < -0.3 is 24.6 Å². The van der Waals surface area contributed by atoms with Crippen molar-refractivity contribution in [1.82, 2.24) is 0 Å². The van der Waals surface area contributed by atoms with E-state index in [-0.39, 0.29) is 32.2 Å². The summed E-state index contributed by atoms with van der Waals surface area (Å²) in [4.78, 5) is 12.6. The second-order valence-electron chi connectivity index (χ2n) is 7.01. The van der Waals surface area contributed by atoms with Crippen LogP contribution in [-0.2, 0) is 25.4 Å². The maximum atomic E-state index is 12.2. The van der Waals surface area contributed by atoms with E-state index >= 15 is 0 Å². The van der Waals surface area contributed by atoms with E-state index in [0.29, 0.717) is 22.2 Å². The summed E-state index contributed by atoms with van der Waals surface area (Å²) in [6, 6.07) is 5.51. The van der Waals surface area contributed by atoms with E-state index in [2.05, 4.69) is 5.32 Å². The number of aliphatic hydroxyl groups excluding tert-OH is 1. The Morgan fingerprint density at radius 3 is 2.72 bits per heavy atom. The quantitative estimate of drug-likeness (QED) is 0.229. The minimum atomic E-state index is -0.692. The molecule has 0 bridgehead atoms. The molecule has 1 aliphatic rings. The summed E-state index contributed by atoms with van der Waals surface area (Å²) in [7, 11) is 0. The highest BCUT2D eigenvalue weighted by atomic mass is 35.5. The summed E-state index contributed by atoms with van der Waals surface area (Å²) in [6.07, 6.45) is 6.73. The van der Waals surface area contributed by atoms with Crippen LogP contribution < -0.4 is 5.32 Å². The molecule has 1 aromatic carbocycles. The van der Waals surface area contributed by atoms with Gasteiger partial charge in [-0.2, -0.15) is 0 Å². The number of nitrogens with one attached hydrogen (secondary N) is 1. The molecule has 8 heteroatoms.